The van der Waals surface area contributed by atoms with E-state index >= 15 is 0 Å². The summed E-state index contributed by atoms with van der Waals surface area (Å²) in [5.74, 6) is 0.844. The van der Waals surface area contributed by atoms with E-state index in [1.54, 1.807) is 13.2 Å². The normalized spacial score (nSPS) is 15.2. The summed E-state index contributed by atoms with van der Waals surface area (Å²) >= 11 is 5.96. The Labute approximate surface area is 135 Å². The van der Waals surface area contributed by atoms with Gasteiger partial charge in [0.15, 0.2) is 0 Å². The number of amides is 1. The van der Waals surface area contributed by atoms with Gasteiger partial charge >= 0.3 is 0 Å². The first-order chi connectivity index (χ1) is 10.5. The van der Waals surface area contributed by atoms with Crippen LogP contribution in [-0.2, 0) is 10.2 Å². The molecule has 4 heteroatoms. The summed E-state index contributed by atoms with van der Waals surface area (Å²) in [6.07, 6.45) is 1.75. The quantitative estimate of drug-likeness (QED) is 0.912. The molecule has 0 atom stereocenters. The van der Waals surface area contributed by atoms with E-state index in [0.29, 0.717) is 5.02 Å². The van der Waals surface area contributed by atoms with E-state index in [1.807, 2.05) is 43.3 Å². The Bertz CT molecular complexity index is 706. The number of carbonyl (C=O) groups is 1. The number of nitrogens with one attached hydrogen (secondary N) is 1. The van der Waals surface area contributed by atoms with Gasteiger partial charge in [0.1, 0.15) is 5.75 Å². The molecule has 3 nitrogen and oxygen atoms in total. The third-order valence-corrected chi connectivity index (χ3v) is 4.50. The first kappa shape index (κ1) is 14.9. The average molecular weight is 316 g/mol. The highest BCUT2D eigenvalue weighted by molar-refractivity contribution is 6.30. The molecule has 0 aliphatic heterocycles. The topological polar surface area (TPSA) is 38.3 Å². The summed E-state index contributed by atoms with van der Waals surface area (Å²) in [5.41, 5.74) is 2.41. The Hall–Kier alpha value is -2.00. The molecule has 0 spiro atoms. The Morgan fingerprint density at radius 2 is 1.86 bits per heavy atom. The summed E-state index contributed by atoms with van der Waals surface area (Å²) < 4.78 is 5.17. The molecule has 1 amide bonds. The SMILES string of the molecule is COc1ccc(C2(C(=O)Nc3ccc(Cl)cc3C)CC2)cc1. The predicted molar refractivity (Wildman–Crippen MR) is 88.7 cm³/mol. The third-order valence-electron chi connectivity index (χ3n) is 4.26. The van der Waals surface area contributed by atoms with Crippen molar-refractivity contribution >= 4 is 23.2 Å². The molecule has 3 rings (SSSR count). The molecule has 2 aromatic carbocycles. The molecule has 0 saturated heterocycles. The maximum absolute atomic E-state index is 12.7. The first-order valence-electron chi connectivity index (χ1n) is 7.27. The summed E-state index contributed by atoms with van der Waals surface area (Å²) in [5, 5.41) is 3.71. The molecule has 114 valence electrons. The molecule has 1 saturated carbocycles. The number of carbonyl (C=O) groups excluding carboxylic acids is 1. The zero-order chi connectivity index (χ0) is 15.7. The Morgan fingerprint density at radius 3 is 2.41 bits per heavy atom. The lowest BCUT2D eigenvalue weighted by Gasteiger charge is -2.17. The Morgan fingerprint density at radius 1 is 1.18 bits per heavy atom. The number of anilines is 1. The van der Waals surface area contributed by atoms with Crippen LogP contribution in [0.5, 0.6) is 5.75 Å². The zero-order valence-corrected chi connectivity index (χ0v) is 13.4. The fourth-order valence-corrected chi connectivity index (χ4v) is 2.92. The van der Waals surface area contributed by atoms with Crippen molar-refractivity contribution in [2.75, 3.05) is 12.4 Å². The van der Waals surface area contributed by atoms with Crippen LogP contribution in [0.4, 0.5) is 5.69 Å². The molecule has 22 heavy (non-hydrogen) atoms. The number of hydrogen-bond donors (Lipinski definition) is 1. The van der Waals surface area contributed by atoms with E-state index in [-0.39, 0.29) is 5.91 Å². The van der Waals surface area contributed by atoms with E-state index in [4.69, 9.17) is 16.3 Å². The molecule has 0 radical (unpaired) electrons. The summed E-state index contributed by atoms with van der Waals surface area (Å²) in [7, 11) is 1.64. The molecule has 0 aromatic heterocycles. The second-order valence-electron chi connectivity index (χ2n) is 5.72. The number of hydrogen-bond acceptors (Lipinski definition) is 2. The van der Waals surface area contributed by atoms with Gasteiger partial charge in [-0.2, -0.15) is 0 Å². The molecule has 1 aliphatic carbocycles. The van der Waals surface area contributed by atoms with Crippen LogP contribution < -0.4 is 10.1 Å². The van der Waals surface area contributed by atoms with Gasteiger partial charge in [-0.3, -0.25) is 4.79 Å². The minimum Gasteiger partial charge on any atom is -0.497 e. The molecule has 1 aliphatic rings. The molecule has 0 unspecified atom stereocenters. The van der Waals surface area contributed by atoms with Crippen LogP contribution >= 0.6 is 11.6 Å². The summed E-state index contributed by atoms with van der Waals surface area (Å²) in [6.45, 7) is 1.94. The van der Waals surface area contributed by atoms with Gasteiger partial charge in [0, 0.05) is 10.7 Å². The number of aryl methyl sites for hydroxylation is 1. The Kier molecular flexibility index (Phi) is 3.83. The lowest BCUT2D eigenvalue weighted by atomic mass is 9.94. The second-order valence-corrected chi connectivity index (χ2v) is 6.16. The van der Waals surface area contributed by atoms with Gasteiger partial charge in [-0.15, -0.1) is 0 Å². The highest BCUT2D eigenvalue weighted by atomic mass is 35.5. The van der Waals surface area contributed by atoms with Crippen LogP contribution in [-0.4, -0.2) is 13.0 Å². The molecular weight excluding hydrogens is 298 g/mol. The molecule has 1 fully saturated rings. The summed E-state index contributed by atoms with van der Waals surface area (Å²) in [4.78, 5) is 12.7. The van der Waals surface area contributed by atoms with Gasteiger partial charge in [-0.1, -0.05) is 23.7 Å². The van der Waals surface area contributed by atoms with Crippen molar-refractivity contribution in [1.29, 1.82) is 0 Å². The largest absolute Gasteiger partial charge is 0.497 e. The number of halogens is 1. The van der Waals surface area contributed by atoms with E-state index in [2.05, 4.69) is 5.32 Å². The minimum absolute atomic E-state index is 0.0445. The monoisotopic (exact) mass is 315 g/mol. The van der Waals surface area contributed by atoms with E-state index in [0.717, 1.165) is 35.4 Å². The van der Waals surface area contributed by atoms with Crippen LogP contribution in [0.2, 0.25) is 5.02 Å². The van der Waals surface area contributed by atoms with E-state index < -0.39 is 5.41 Å². The van der Waals surface area contributed by atoms with Gasteiger partial charge in [0.05, 0.1) is 12.5 Å². The fourth-order valence-electron chi connectivity index (χ4n) is 2.69. The first-order valence-corrected chi connectivity index (χ1v) is 7.65. The van der Waals surface area contributed by atoms with Crippen molar-refractivity contribution in [1.82, 2.24) is 0 Å². The number of methoxy groups -OCH3 is 1. The van der Waals surface area contributed by atoms with Gasteiger partial charge in [-0.25, -0.2) is 0 Å². The predicted octanol–water partition coefficient (Wildman–Crippen LogP) is 4.33. The van der Waals surface area contributed by atoms with Gasteiger partial charge < -0.3 is 10.1 Å². The highest BCUT2D eigenvalue weighted by Crippen LogP contribution is 2.49. The van der Waals surface area contributed by atoms with Gasteiger partial charge in [-0.05, 0) is 61.2 Å². The lowest BCUT2D eigenvalue weighted by molar-refractivity contribution is -0.118. The number of rotatable bonds is 4. The molecule has 2 aromatic rings. The van der Waals surface area contributed by atoms with Crippen molar-refractivity contribution in [3.05, 3.63) is 58.6 Å². The van der Waals surface area contributed by atoms with Crippen molar-refractivity contribution < 1.29 is 9.53 Å². The zero-order valence-electron chi connectivity index (χ0n) is 12.7. The van der Waals surface area contributed by atoms with Crippen LogP contribution in [0.1, 0.15) is 24.0 Å². The number of benzene rings is 2. The molecule has 0 heterocycles. The average Bonchev–Trinajstić information content (AvgIpc) is 3.32. The maximum atomic E-state index is 12.7. The lowest BCUT2D eigenvalue weighted by Crippen LogP contribution is -2.28. The van der Waals surface area contributed by atoms with Crippen molar-refractivity contribution in [2.45, 2.75) is 25.2 Å². The van der Waals surface area contributed by atoms with Crippen molar-refractivity contribution in [3.63, 3.8) is 0 Å². The van der Waals surface area contributed by atoms with Crippen LogP contribution in [0.3, 0.4) is 0 Å². The maximum Gasteiger partial charge on any atom is 0.235 e. The van der Waals surface area contributed by atoms with Crippen LogP contribution in [0.15, 0.2) is 42.5 Å². The molecular formula is C18H18ClNO2. The second kappa shape index (κ2) is 5.65. The summed E-state index contributed by atoms with van der Waals surface area (Å²) in [6, 6.07) is 13.2. The van der Waals surface area contributed by atoms with Crippen molar-refractivity contribution in [3.8, 4) is 5.75 Å². The van der Waals surface area contributed by atoms with Crippen molar-refractivity contribution in [2.24, 2.45) is 0 Å². The molecule has 1 N–H and O–H groups in total. The van der Waals surface area contributed by atoms with E-state index in [9.17, 15) is 4.79 Å². The van der Waals surface area contributed by atoms with Gasteiger partial charge in [0.25, 0.3) is 0 Å². The Balaban J connectivity index is 1.81. The smallest absolute Gasteiger partial charge is 0.235 e. The van der Waals surface area contributed by atoms with Gasteiger partial charge in [0.2, 0.25) is 5.91 Å². The van der Waals surface area contributed by atoms with E-state index in [1.165, 1.54) is 0 Å². The third kappa shape index (κ3) is 2.69. The van der Waals surface area contributed by atoms with Crippen LogP contribution in [0.25, 0.3) is 0 Å². The fraction of sp³-hybridized carbons (Fsp3) is 0.278. The minimum atomic E-state index is -0.404. The number of ether oxygens (including phenoxy) is 1. The van der Waals surface area contributed by atoms with Crippen LogP contribution in [0, 0.1) is 6.92 Å². The highest BCUT2D eigenvalue weighted by Gasteiger charge is 2.51. The molecule has 0 bridgehead atoms. The standard InChI is InChI=1S/C18H18ClNO2/c1-12-11-14(19)5-8-16(12)20-17(21)18(9-10-18)13-3-6-15(22-2)7-4-13/h3-8,11H,9-10H2,1-2H3,(H,20,21).